The van der Waals surface area contributed by atoms with Gasteiger partial charge < -0.3 is 10.1 Å². The molecule has 3 nitrogen and oxygen atoms in total. The van der Waals surface area contributed by atoms with Crippen molar-refractivity contribution in [3.8, 4) is 0 Å². The van der Waals surface area contributed by atoms with E-state index in [9.17, 15) is 0 Å². The van der Waals surface area contributed by atoms with E-state index in [4.69, 9.17) is 16.3 Å². The van der Waals surface area contributed by atoms with Crippen LogP contribution in [0.4, 0.5) is 0 Å². The lowest BCUT2D eigenvalue weighted by Crippen LogP contribution is -2.36. The van der Waals surface area contributed by atoms with E-state index in [1.165, 1.54) is 0 Å². The number of ether oxygens (including phenoxy) is 1. The Balaban J connectivity index is 2.03. The highest BCUT2D eigenvalue weighted by atomic mass is 35.5. The Morgan fingerprint density at radius 3 is 3.06 bits per heavy atom. The van der Waals surface area contributed by atoms with Crippen molar-refractivity contribution < 1.29 is 4.74 Å². The molecule has 0 aromatic carbocycles. The fourth-order valence-corrected chi connectivity index (χ4v) is 2.37. The van der Waals surface area contributed by atoms with Crippen LogP contribution in [0.2, 0.25) is 5.15 Å². The Kier molecular flexibility index (Phi) is 3.79. The summed E-state index contributed by atoms with van der Waals surface area (Å²) in [5, 5.41) is 4.11. The summed E-state index contributed by atoms with van der Waals surface area (Å²) >= 11 is 6.06. The highest BCUT2D eigenvalue weighted by Gasteiger charge is 2.26. The van der Waals surface area contributed by atoms with Crippen molar-refractivity contribution in [3.63, 3.8) is 0 Å². The molecule has 0 saturated carbocycles. The van der Waals surface area contributed by atoms with Gasteiger partial charge in [0.15, 0.2) is 0 Å². The van der Waals surface area contributed by atoms with E-state index in [0.29, 0.717) is 11.2 Å². The Morgan fingerprint density at radius 2 is 2.44 bits per heavy atom. The monoisotopic (exact) mass is 240 g/mol. The smallest absolute Gasteiger partial charge is 0.133 e. The maximum absolute atomic E-state index is 6.06. The molecule has 88 valence electrons. The van der Waals surface area contributed by atoms with Gasteiger partial charge >= 0.3 is 0 Å². The summed E-state index contributed by atoms with van der Waals surface area (Å²) in [7, 11) is 0. The third kappa shape index (κ3) is 2.54. The SMILES string of the molecule is CC(NC1CCOC1C)c1cccnc1Cl. The first kappa shape index (κ1) is 11.8. The van der Waals surface area contributed by atoms with E-state index in [-0.39, 0.29) is 12.1 Å². The number of hydrogen-bond acceptors (Lipinski definition) is 3. The van der Waals surface area contributed by atoms with Crippen molar-refractivity contribution in [3.05, 3.63) is 29.0 Å². The number of hydrogen-bond donors (Lipinski definition) is 1. The molecule has 1 aromatic rings. The molecule has 1 aromatic heterocycles. The van der Waals surface area contributed by atoms with Crippen LogP contribution in [0.1, 0.15) is 31.9 Å². The molecule has 3 atom stereocenters. The lowest BCUT2D eigenvalue weighted by atomic mass is 10.1. The molecule has 1 N–H and O–H groups in total. The lowest BCUT2D eigenvalue weighted by Gasteiger charge is -2.22. The van der Waals surface area contributed by atoms with Gasteiger partial charge in [0.1, 0.15) is 5.15 Å². The van der Waals surface area contributed by atoms with Crippen LogP contribution in [0.3, 0.4) is 0 Å². The van der Waals surface area contributed by atoms with Crippen LogP contribution in [0.5, 0.6) is 0 Å². The Bertz CT molecular complexity index is 359. The van der Waals surface area contributed by atoms with Gasteiger partial charge in [0.2, 0.25) is 0 Å². The molecule has 1 fully saturated rings. The molecular weight excluding hydrogens is 224 g/mol. The van der Waals surface area contributed by atoms with Gasteiger partial charge in [-0.2, -0.15) is 0 Å². The topological polar surface area (TPSA) is 34.1 Å². The van der Waals surface area contributed by atoms with E-state index in [1.807, 2.05) is 12.1 Å². The van der Waals surface area contributed by atoms with E-state index in [0.717, 1.165) is 18.6 Å². The predicted molar refractivity (Wildman–Crippen MR) is 64.6 cm³/mol. The Morgan fingerprint density at radius 1 is 1.62 bits per heavy atom. The molecule has 0 aliphatic carbocycles. The summed E-state index contributed by atoms with van der Waals surface area (Å²) in [4.78, 5) is 4.09. The summed E-state index contributed by atoms with van der Waals surface area (Å²) < 4.78 is 5.52. The van der Waals surface area contributed by atoms with Crippen LogP contribution in [0, 0.1) is 0 Å². The molecular formula is C12H17ClN2O. The van der Waals surface area contributed by atoms with Gasteiger partial charge in [-0.15, -0.1) is 0 Å². The van der Waals surface area contributed by atoms with Crippen LogP contribution in [-0.4, -0.2) is 23.7 Å². The first-order chi connectivity index (χ1) is 7.68. The third-order valence-corrected chi connectivity index (χ3v) is 3.41. The summed E-state index contributed by atoms with van der Waals surface area (Å²) in [5.41, 5.74) is 1.04. The number of halogens is 1. The molecule has 2 heterocycles. The second-order valence-electron chi connectivity index (χ2n) is 4.24. The highest BCUT2D eigenvalue weighted by Crippen LogP contribution is 2.23. The van der Waals surface area contributed by atoms with Gasteiger partial charge in [-0.1, -0.05) is 17.7 Å². The van der Waals surface area contributed by atoms with Crippen molar-refractivity contribution >= 4 is 11.6 Å². The third-order valence-electron chi connectivity index (χ3n) is 3.09. The molecule has 0 spiro atoms. The average molecular weight is 241 g/mol. The molecule has 0 amide bonds. The predicted octanol–water partition coefficient (Wildman–Crippen LogP) is 2.56. The zero-order chi connectivity index (χ0) is 11.5. The van der Waals surface area contributed by atoms with Gasteiger partial charge in [-0.3, -0.25) is 0 Å². The van der Waals surface area contributed by atoms with Gasteiger partial charge in [0.25, 0.3) is 0 Å². The fraction of sp³-hybridized carbons (Fsp3) is 0.583. The van der Waals surface area contributed by atoms with Crippen LogP contribution >= 0.6 is 11.6 Å². The number of rotatable bonds is 3. The average Bonchev–Trinajstić information content (AvgIpc) is 2.65. The standard InChI is InChI=1S/C12H17ClN2O/c1-8(10-4-3-6-14-12(10)13)15-11-5-7-16-9(11)2/h3-4,6,8-9,11,15H,5,7H2,1-2H3. The minimum Gasteiger partial charge on any atom is -0.377 e. The molecule has 16 heavy (non-hydrogen) atoms. The van der Waals surface area contributed by atoms with Gasteiger partial charge in [0, 0.05) is 30.5 Å². The summed E-state index contributed by atoms with van der Waals surface area (Å²) in [5.74, 6) is 0. The number of pyridine rings is 1. The van der Waals surface area contributed by atoms with Crippen LogP contribution < -0.4 is 5.32 Å². The molecule has 0 radical (unpaired) electrons. The summed E-state index contributed by atoms with van der Waals surface area (Å²) in [6.45, 7) is 5.04. The van der Waals surface area contributed by atoms with Gasteiger partial charge in [-0.05, 0) is 26.3 Å². The molecule has 1 saturated heterocycles. The molecule has 2 rings (SSSR count). The number of aromatic nitrogens is 1. The van der Waals surface area contributed by atoms with E-state index in [1.54, 1.807) is 6.20 Å². The molecule has 4 heteroatoms. The second-order valence-corrected chi connectivity index (χ2v) is 4.60. The van der Waals surface area contributed by atoms with Crippen molar-refractivity contribution in [1.29, 1.82) is 0 Å². The quantitative estimate of drug-likeness (QED) is 0.825. The maximum atomic E-state index is 6.06. The zero-order valence-corrected chi connectivity index (χ0v) is 10.4. The van der Waals surface area contributed by atoms with Crippen molar-refractivity contribution in [2.24, 2.45) is 0 Å². The second kappa shape index (κ2) is 5.13. The van der Waals surface area contributed by atoms with Crippen molar-refractivity contribution in [1.82, 2.24) is 10.3 Å². The minimum atomic E-state index is 0.204. The fourth-order valence-electron chi connectivity index (χ4n) is 2.08. The van der Waals surface area contributed by atoms with E-state index in [2.05, 4.69) is 24.1 Å². The molecule has 1 aliphatic heterocycles. The van der Waals surface area contributed by atoms with Crippen molar-refractivity contribution in [2.75, 3.05) is 6.61 Å². The molecule has 1 aliphatic rings. The molecule has 0 bridgehead atoms. The highest BCUT2D eigenvalue weighted by molar-refractivity contribution is 6.30. The van der Waals surface area contributed by atoms with Crippen LogP contribution in [-0.2, 0) is 4.74 Å². The van der Waals surface area contributed by atoms with Crippen molar-refractivity contribution in [2.45, 2.75) is 38.5 Å². The zero-order valence-electron chi connectivity index (χ0n) is 9.61. The first-order valence-corrected chi connectivity index (χ1v) is 6.04. The Hall–Kier alpha value is -0.640. The maximum Gasteiger partial charge on any atom is 0.133 e. The lowest BCUT2D eigenvalue weighted by molar-refractivity contribution is 0.111. The summed E-state index contributed by atoms with van der Waals surface area (Å²) in [6, 6.07) is 4.53. The van der Waals surface area contributed by atoms with Gasteiger partial charge in [-0.25, -0.2) is 4.98 Å². The normalized spacial score (nSPS) is 26.9. The number of nitrogens with zero attached hydrogens (tertiary/aromatic N) is 1. The largest absolute Gasteiger partial charge is 0.377 e. The van der Waals surface area contributed by atoms with E-state index >= 15 is 0 Å². The Labute approximate surface area is 101 Å². The molecule has 3 unspecified atom stereocenters. The summed E-state index contributed by atoms with van der Waals surface area (Å²) in [6.07, 6.45) is 3.04. The number of nitrogens with one attached hydrogen (secondary N) is 1. The first-order valence-electron chi connectivity index (χ1n) is 5.66. The van der Waals surface area contributed by atoms with Crippen LogP contribution in [0.15, 0.2) is 18.3 Å². The minimum absolute atomic E-state index is 0.204. The van der Waals surface area contributed by atoms with Crippen LogP contribution in [0.25, 0.3) is 0 Å². The van der Waals surface area contributed by atoms with E-state index < -0.39 is 0 Å². The van der Waals surface area contributed by atoms with Gasteiger partial charge in [0.05, 0.1) is 6.10 Å².